The van der Waals surface area contributed by atoms with Crippen LogP contribution in [0.1, 0.15) is 62.7 Å². The van der Waals surface area contributed by atoms with Crippen LogP contribution in [0, 0.1) is 0 Å². The molecule has 5 heteroatoms. The Morgan fingerprint density at radius 2 is 1.49 bits per heavy atom. The first kappa shape index (κ1) is 25.6. The minimum Gasteiger partial charge on any atom is -0.310 e. The molecule has 0 aliphatic carbocycles. The second-order valence-corrected chi connectivity index (χ2v) is 10.7. The fourth-order valence-electron chi connectivity index (χ4n) is 5.16. The first-order chi connectivity index (χ1) is 17.0. The van der Waals surface area contributed by atoms with Crippen molar-refractivity contribution in [2.24, 2.45) is 0 Å². The van der Waals surface area contributed by atoms with Gasteiger partial charge >= 0.3 is 0 Å². The van der Waals surface area contributed by atoms with Gasteiger partial charge in [0.15, 0.2) is 0 Å². The minimum absolute atomic E-state index is 0.0276. The summed E-state index contributed by atoms with van der Waals surface area (Å²) in [4.78, 5) is 5.23. The molecule has 0 saturated carbocycles. The number of nitrogens with one attached hydrogen (secondary N) is 1. The van der Waals surface area contributed by atoms with E-state index in [-0.39, 0.29) is 5.54 Å². The molecule has 35 heavy (non-hydrogen) atoms. The van der Waals surface area contributed by atoms with Crippen LogP contribution in [0.5, 0.6) is 0 Å². The molecule has 1 fully saturated rings. The molecule has 2 heterocycles. The van der Waals surface area contributed by atoms with Gasteiger partial charge in [-0.1, -0.05) is 74.0 Å². The number of rotatable bonds is 10. The zero-order chi connectivity index (χ0) is 24.7. The maximum absolute atomic E-state index is 4.91. The van der Waals surface area contributed by atoms with Crippen LogP contribution >= 0.6 is 0 Å². The van der Waals surface area contributed by atoms with Gasteiger partial charge in [0.2, 0.25) is 0 Å². The maximum atomic E-state index is 4.91. The lowest BCUT2D eigenvalue weighted by molar-refractivity contribution is 0.110. The van der Waals surface area contributed by atoms with Crippen molar-refractivity contribution in [1.82, 2.24) is 24.9 Å². The molecule has 188 valence electrons. The van der Waals surface area contributed by atoms with Crippen LogP contribution in [0.25, 0.3) is 0 Å². The van der Waals surface area contributed by atoms with E-state index in [1.54, 1.807) is 0 Å². The fourth-order valence-corrected chi connectivity index (χ4v) is 5.16. The molecule has 0 radical (unpaired) electrons. The molecule has 0 unspecified atom stereocenters. The van der Waals surface area contributed by atoms with Crippen LogP contribution in [0.4, 0.5) is 0 Å². The highest BCUT2D eigenvalue weighted by atomic mass is 15.3. The van der Waals surface area contributed by atoms with Crippen molar-refractivity contribution in [3.05, 3.63) is 89.2 Å². The summed E-state index contributed by atoms with van der Waals surface area (Å²) in [5.74, 6) is 0. The topological polar surface area (TPSA) is 36.3 Å². The standard InChI is InChI=1S/C30H43N5/c1-5-12-28-23-27(32-35(28)30(2,3)4)24-31-17-18-33-19-21-34(22-20-33)29(25-13-8-6-9-14-25)26-15-10-7-11-16-26/h6-11,13-16,23,29,31H,5,12,17-22,24H2,1-4H3. The number of aromatic nitrogens is 2. The summed E-state index contributed by atoms with van der Waals surface area (Å²) in [6.07, 6.45) is 2.23. The van der Waals surface area contributed by atoms with Crippen molar-refractivity contribution in [3.8, 4) is 0 Å². The monoisotopic (exact) mass is 473 g/mol. The molecule has 1 aromatic heterocycles. The summed E-state index contributed by atoms with van der Waals surface area (Å²) in [5.41, 5.74) is 5.29. The van der Waals surface area contributed by atoms with Gasteiger partial charge in [-0.2, -0.15) is 5.10 Å². The predicted molar refractivity (Wildman–Crippen MR) is 146 cm³/mol. The molecular weight excluding hydrogens is 430 g/mol. The van der Waals surface area contributed by atoms with Crippen molar-refractivity contribution in [1.29, 1.82) is 0 Å². The van der Waals surface area contributed by atoms with Gasteiger partial charge in [-0.05, 0) is 44.4 Å². The molecule has 5 nitrogen and oxygen atoms in total. The average Bonchev–Trinajstić information content (AvgIpc) is 3.28. The highest BCUT2D eigenvalue weighted by Crippen LogP contribution is 2.29. The summed E-state index contributed by atoms with van der Waals surface area (Å²) in [5, 5.41) is 8.54. The van der Waals surface area contributed by atoms with E-state index in [0.717, 1.165) is 64.3 Å². The lowest BCUT2D eigenvalue weighted by Gasteiger charge is -2.39. The summed E-state index contributed by atoms with van der Waals surface area (Å²) in [7, 11) is 0. The molecule has 1 aliphatic rings. The average molecular weight is 474 g/mol. The quantitative estimate of drug-likeness (QED) is 0.416. The smallest absolute Gasteiger partial charge is 0.0765 e. The molecule has 0 atom stereocenters. The maximum Gasteiger partial charge on any atom is 0.0765 e. The van der Waals surface area contributed by atoms with Crippen LogP contribution < -0.4 is 5.32 Å². The number of benzene rings is 2. The third-order valence-electron chi connectivity index (χ3n) is 6.89. The number of piperazine rings is 1. The zero-order valence-electron chi connectivity index (χ0n) is 22.1. The lowest BCUT2D eigenvalue weighted by Crippen LogP contribution is -2.49. The van der Waals surface area contributed by atoms with E-state index < -0.39 is 0 Å². The van der Waals surface area contributed by atoms with Crippen LogP contribution in [0.3, 0.4) is 0 Å². The van der Waals surface area contributed by atoms with E-state index in [2.05, 4.69) is 114 Å². The van der Waals surface area contributed by atoms with E-state index in [0.29, 0.717) is 6.04 Å². The van der Waals surface area contributed by atoms with Gasteiger partial charge in [0.05, 0.1) is 17.3 Å². The molecule has 1 N–H and O–H groups in total. The second-order valence-electron chi connectivity index (χ2n) is 10.7. The third-order valence-corrected chi connectivity index (χ3v) is 6.89. The van der Waals surface area contributed by atoms with Crippen LogP contribution in [-0.2, 0) is 18.5 Å². The Kier molecular flexibility index (Phi) is 8.77. The first-order valence-corrected chi connectivity index (χ1v) is 13.3. The third kappa shape index (κ3) is 6.81. The largest absolute Gasteiger partial charge is 0.310 e. The Hall–Kier alpha value is -2.47. The van der Waals surface area contributed by atoms with Gasteiger partial charge in [0.25, 0.3) is 0 Å². The Bertz CT molecular complexity index is 974. The first-order valence-electron chi connectivity index (χ1n) is 13.3. The fraction of sp³-hybridized carbons (Fsp3) is 0.500. The van der Waals surface area contributed by atoms with E-state index in [9.17, 15) is 0 Å². The molecule has 0 spiro atoms. The van der Waals surface area contributed by atoms with Gasteiger partial charge in [0.1, 0.15) is 0 Å². The van der Waals surface area contributed by atoms with Crippen molar-refractivity contribution in [2.45, 2.75) is 58.7 Å². The van der Waals surface area contributed by atoms with Gasteiger partial charge in [0, 0.05) is 51.5 Å². The normalized spacial score (nSPS) is 15.7. The van der Waals surface area contributed by atoms with Crippen LogP contribution in [0.15, 0.2) is 66.7 Å². The highest BCUT2D eigenvalue weighted by Gasteiger charge is 2.26. The molecule has 4 rings (SSSR count). The molecule has 0 bridgehead atoms. The van der Waals surface area contributed by atoms with E-state index in [1.165, 1.54) is 16.8 Å². The van der Waals surface area contributed by atoms with Gasteiger partial charge in [-0.3, -0.25) is 14.5 Å². The van der Waals surface area contributed by atoms with E-state index >= 15 is 0 Å². The van der Waals surface area contributed by atoms with E-state index in [1.807, 2.05) is 0 Å². The van der Waals surface area contributed by atoms with Crippen molar-refractivity contribution in [3.63, 3.8) is 0 Å². The van der Waals surface area contributed by atoms with Crippen LogP contribution in [0.2, 0.25) is 0 Å². The molecule has 2 aromatic carbocycles. The van der Waals surface area contributed by atoms with Gasteiger partial charge in [-0.25, -0.2) is 0 Å². The van der Waals surface area contributed by atoms with Gasteiger partial charge < -0.3 is 5.32 Å². The lowest BCUT2D eigenvalue weighted by atomic mass is 9.96. The summed E-state index contributed by atoms with van der Waals surface area (Å²) >= 11 is 0. The van der Waals surface area contributed by atoms with Crippen molar-refractivity contribution >= 4 is 0 Å². The van der Waals surface area contributed by atoms with Crippen molar-refractivity contribution in [2.75, 3.05) is 39.3 Å². The SMILES string of the molecule is CCCc1cc(CNCCN2CCN(C(c3ccccc3)c3ccccc3)CC2)nn1C(C)(C)C. The number of nitrogens with zero attached hydrogens (tertiary/aromatic N) is 4. The molecule has 1 saturated heterocycles. The van der Waals surface area contributed by atoms with Crippen LogP contribution in [-0.4, -0.2) is 58.8 Å². The Morgan fingerprint density at radius 3 is 2.03 bits per heavy atom. The Morgan fingerprint density at radius 1 is 0.886 bits per heavy atom. The summed E-state index contributed by atoms with van der Waals surface area (Å²) in [6.45, 7) is 16.2. The molecule has 0 amide bonds. The Labute approximate surface area is 212 Å². The van der Waals surface area contributed by atoms with E-state index in [4.69, 9.17) is 5.10 Å². The van der Waals surface area contributed by atoms with Crippen molar-refractivity contribution < 1.29 is 0 Å². The number of hydrogen-bond donors (Lipinski definition) is 1. The Balaban J connectivity index is 1.27. The minimum atomic E-state index is 0.0276. The van der Waals surface area contributed by atoms with Gasteiger partial charge in [-0.15, -0.1) is 0 Å². The second kappa shape index (κ2) is 12.0. The number of aryl methyl sites for hydroxylation is 1. The molecule has 1 aliphatic heterocycles. The zero-order valence-corrected chi connectivity index (χ0v) is 22.1. The number of hydrogen-bond acceptors (Lipinski definition) is 4. The predicted octanol–water partition coefficient (Wildman–Crippen LogP) is 5.09. The summed E-state index contributed by atoms with van der Waals surface area (Å²) < 4.78 is 2.21. The highest BCUT2D eigenvalue weighted by molar-refractivity contribution is 5.32. The molecular formula is C30H43N5. The summed E-state index contributed by atoms with van der Waals surface area (Å²) in [6, 6.07) is 24.5. The molecule has 3 aromatic rings.